The van der Waals surface area contributed by atoms with Crippen LogP contribution in [0.25, 0.3) is 11.0 Å². The Bertz CT molecular complexity index is 1020. The quantitative estimate of drug-likeness (QED) is 0.718. The van der Waals surface area contributed by atoms with Crippen LogP contribution in [0.5, 0.6) is 0 Å². The van der Waals surface area contributed by atoms with E-state index in [9.17, 15) is 9.59 Å². The molecule has 1 aliphatic rings. The van der Waals surface area contributed by atoms with Crippen molar-refractivity contribution < 1.29 is 4.79 Å². The van der Waals surface area contributed by atoms with Crippen molar-refractivity contribution in [3.8, 4) is 0 Å². The van der Waals surface area contributed by atoms with Crippen LogP contribution in [-0.4, -0.2) is 46.5 Å². The molecule has 0 saturated carbocycles. The number of piperazine rings is 1. The van der Waals surface area contributed by atoms with Crippen molar-refractivity contribution in [1.29, 1.82) is 0 Å². The highest BCUT2D eigenvalue weighted by Crippen LogP contribution is 2.17. The molecule has 27 heavy (non-hydrogen) atoms. The summed E-state index contributed by atoms with van der Waals surface area (Å²) in [7, 11) is 0. The molecule has 0 radical (unpaired) electrons. The number of benzene rings is 2. The average Bonchev–Trinajstić information content (AvgIpc) is 2.73. The number of aryl methyl sites for hydroxylation is 1. The molecular weight excluding hydrogens is 340 g/mol. The van der Waals surface area contributed by atoms with Gasteiger partial charge in [0.15, 0.2) is 5.69 Å². The summed E-state index contributed by atoms with van der Waals surface area (Å²) in [5, 5.41) is 0. The molecule has 0 unspecified atom stereocenters. The molecule has 0 N–H and O–H groups in total. The minimum atomic E-state index is -0.313. The van der Waals surface area contributed by atoms with Crippen LogP contribution in [0.2, 0.25) is 0 Å². The Labute approximate surface area is 157 Å². The molecule has 0 atom stereocenters. The van der Waals surface area contributed by atoms with Crippen LogP contribution in [0.1, 0.15) is 17.4 Å². The predicted octanol–water partition coefficient (Wildman–Crippen LogP) is 2.38. The summed E-state index contributed by atoms with van der Waals surface area (Å²) in [6.07, 6.45) is 0. The zero-order chi connectivity index (χ0) is 18.8. The summed E-state index contributed by atoms with van der Waals surface area (Å²) in [6.45, 7) is 5.04. The molecule has 0 aliphatic carbocycles. The Morgan fingerprint density at radius 3 is 2.33 bits per heavy atom. The molecule has 2 aromatic carbocycles. The highest BCUT2D eigenvalue weighted by atomic mass is 16.2. The van der Waals surface area contributed by atoms with E-state index < -0.39 is 0 Å². The number of carbonyl (C=O) groups is 1. The van der Waals surface area contributed by atoms with Crippen LogP contribution in [0.4, 0.5) is 5.69 Å². The van der Waals surface area contributed by atoms with Gasteiger partial charge in [-0.25, -0.2) is 4.98 Å². The smallest absolute Gasteiger partial charge is 0.282 e. The van der Waals surface area contributed by atoms with Crippen molar-refractivity contribution >= 4 is 22.6 Å². The van der Waals surface area contributed by atoms with E-state index in [1.54, 1.807) is 9.47 Å². The largest absolute Gasteiger partial charge is 0.368 e. The molecular formula is C21H22N4O2. The minimum absolute atomic E-state index is 0.0173. The molecule has 1 aliphatic heterocycles. The first-order valence-corrected chi connectivity index (χ1v) is 9.28. The zero-order valence-electron chi connectivity index (χ0n) is 15.3. The van der Waals surface area contributed by atoms with Gasteiger partial charge in [-0.1, -0.05) is 30.3 Å². The number of para-hydroxylation sites is 3. The van der Waals surface area contributed by atoms with Crippen molar-refractivity contribution in [2.75, 3.05) is 31.1 Å². The van der Waals surface area contributed by atoms with Gasteiger partial charge in [0.1, 0.15) is 0 Å². The maximum absolute atomic E-state index is 13.0. The molecule has 4 rings (SSSR count). The van der Waals surface area contributed by atoms with Gasteiger partial charge in [-0.05, 0) is 31.2 Å². The van der Waals surface area contributed by atoms with Crippen molar-refractivity contribution in [3.63, 3.8) is 0 Å². The molecule has 1 amide bonds. The van der Waals surface area contributed by atoms with Crippen molar-refractivity contribution in [3.05, 3.63) is 70.6 Å². The number of fused-ring (bicyclic) bond motifs is 1. The number of aromatic nitrogens is 2. The van der Waals surface area contributed by atoms with Crippen molar-refractivity contribution in [2.24, 2.45) is 0 Å². The maximum atomic E-state index is 13.0. The number of hydrogen-bond donors (Lipinski definition) is 0. The Hall–Kier alpha value is -3.15. The van der Waals surface area contributed by atoms with E-state index in [0.29, 0.717) is 25.2 Å². The van der Waals surface area contributed by atoms with Crippen LogP contribution in [0.15, 0.2) is 59.4 Å². The van der Waals surface area contributed by atoms with Crippen LogP contribution in [0.3, 0.4) is 0 Å². The number of anilines is 1. The monoisotopic (exact) mass is 362 g/mol. The highest BCUT2D eigenvalue weighted by molar-refractivity contribution is 5.94. The fraction of sp³-hybridized carbons (Fsp3) is 0.286. The Morgan fingerprint density at radius 2 is 1.63 bits per heavy atom. The van der Waals surface area contributed by atoms with Gasteiger partial charge in [-0.3, -0.25) is 9.59 Å². The summed E-state index contributed by atoms with van der Waals surface area (Å²) in [5.74, 6) is -0.277. The first-order valence-electron chi connectivity index (χ1n) is 9.28. The number of rotatable bonds is 3. The van der Waals surface area contributed by atoms with Crippen LogP contribution in [-0.2, 0) is 6.54 Å². The van der Waals surface area contributed by atoms with Gasteiger partial charge in [0, 0.05) is 38.4 Å². The molecule has 0 bridgehead atoms. The zero-order valence-corrected chi connectivity index (χ0v) is 15.3. The molecule has 0 spiro atoms. The lowest BCUT2D eigenvalue weighted by atomic mass is 10.2. The van der Waals surface area contributed by atoms with Crippen LogP contribution < -0.4 is 10.5 Å². The summed E-state index contributed by atoms with van der Waals surface area (Å²) in [5.41, 5.74) is 2.29. The lowest BCUT2D eigenvalue weighted by Gasteiger charge is -2.35. The van der Waals surface area contributed by atoms with Gasteiger partial charge in [0.2, 0.25) is 0 Å². The van der Waals surface area contributed by atoms with E-state index in [2.05, 4.69) is 22.0 Å². The molecule has 2 heterocycles. The van der Waals surface area contributed by atoms with E-state index in [4.69, 9.17) is 0 Å². The third-order valence-electron chi connectivity index (χ3n) is 5.06. The van der Waals surface area contributed by atoms with E-state index in [0.717, 1.165) is 24.3 Å². The second-order valence-electron chi connectivity index (χ2n) is 6.61. The first kappa shape index (κ1) is 17.3. The second-order valence-corrected chi connectivity index (χ2v) is 6.61. The Morgan fingerprint density at radius 1 is 0.963 bits per heavy atom. The molecule has 1 fully saturated rings. The standard InChI is InChI=1S/C21H22N4O2/c1-2-25-18-11-7-6-10-17(18)22-19(21(25)27)20(26)24-14-12-23(13-15-24)16-8-4-3-5-9-16/h3-11H,2,12-15H2,1H3. The molecule has 1 saturated heterocycles. The summed E-state index contributed by atoms with van der Waals surface area (Å²) in [4.78, 5) is 34.2. The third kappa shape index (κ3) is 3.18. The van der Waals surface area contributed by atoms with Gasteiger partial charge in [-0.2, -0.15) is 0 Å². The lowest BCUT2D eigenvalue weighted by Crippen LogP contribution is -2.50. The molecule has 6 heteroatoms. The average molecular weight is 362 g/mol. The fourth-order valence-corrected chi connectivity index (χ4v) is 3.60. The van der Waals surface area contributed by atoms with E-state index in [1.807, 2.05) is 49.4 Å². The van der Waals surface area contributed by atoms with Gasteiger partial charge in [0.05, 0.1) is 11.0 Å². The summed E-state index contributed by atoms with van der Waals surface area (Å²) < 4.78 is 1.62. The topological polar surface area (TPSA) is 58.4 Å². The van der Waals surface area contributed by atoms with E-state index in [-0.39, 0.29) is 17.2 Å². The molecule has 138 valence electrons. The number of hydrogen-bond acceptors (Lipinski definition) is 4. The summed E-state index contributed by atoms with van der Waals surface area (Å²) >= 11 is 0. The first-order chi connectivity index (χ1) is 13.2. The maximum Gasteiger partial charge on any atom is 0.282 e. The highest BCUT2D eigenvalue weighted by Gasteiger charge is 2.26. The van der Waals surface area contributed by atoms with Crippen LogP contribution >= 0.6 is 0 Å². The third-order valence-corrected chi connectivity index (χ3v) is 5.06. The molecule has 3 aromatic rings. The SMILES string of the molecule is CCn1c(=O)c(C(=O)N2CCN(c3ccccc3)CC2)nc2ccccc21. The molecule has 6 nitrogen and oxygen atoms in total. The van der Waals surface area contributed by atoms with Gasteiger partial charge < -0.3 is 14.4 Å². The van der Waals surface area contributed by atoms with Gasteiger partial charge in [0.25, 0.3) is 11.5 Å². The predicted molar refractivity (Wildman–Crippen MR) is 106 cm³/mol. The normalized spacial score (nSPS) is 14.6. The van der Waals surface area contributed by atoms with Crippen LogP contribution in [0, 0.1) is 0 Å². The fourth-order valence-electron chi connectivity index (χ4n) is 3.60. The van der Waals surface area contributed by atoms with E-state index >= 15 is 0 Å². The number of carbonyl (C=O) groups excluding carboxylic acids is 1. The molecule has 1 aromatic heterocycles. The van der Waals surface area contributed by atoms with Gasteiger partial charge >= 0.3 is 0 Å². The lowest BCUT2D eigenvalue weighted by molar-refractivity contribution is 0.0738. The number of amides is 1. The van der Waals surface area contributed by atoms with Crippen molar-refractivity contribution in [2.45, 2.75) is 13.5 Å². The number of nitrogens with zero attached hydrogens (tertiary/aromatic N) is 4. The minimum Gasteiger partial charge on any atom is -0.368 e. The second kappa shape index (κ2) is 7.23. The Balaban J connectivity index is 1.59. The van der Waals surface area contributed by atoms with Crippen molar-refractivity contribution in [1.82, 2.24) is 14.5 Å². The summed E-state index contributed by atoms with van der Waals surface area (Å²) in [6, 6.07) is 17.6. The van der Waals surface area contributed by atoms with E-state index in [1.165, 1.54) is 0 Å². The van der Waals surface area contributed by atoms with Gasteiger partial charge in [-0.15, -0.1) is 0 Å². The Kier molecular flexibility index (Phi) is 4.62.